The van der Waals surface area contributed by atoms with Gasteiger partial charge in [0.2, 0.25) is 5.95 Å². The minimum Gasteiger partial charge on any atom is -0.475 e. The Balaban J connectivity index is 0.000000448. The molecular formula is C25H20Cl2F3N7O2. The lowest BCUT2D eigenvalue weighted by Gasteiger charge is -2.33. The molecule has 4 heterocycles. The van der Waals surface area contributed by atoms with Gasteiger partial charge in [0.15, 0.2) is 5.65 Å². The second-order valence-corrected chi connectivity index (χ2v) is 9.55. The number of halogens is 5. The van der Waals surface area contributed by atoms with E-state index in [0.29, 0.717) is 27.2 Å². The summed E-state index contributed by atoms with van der Waals surface area (Å²) in [6.45, 7) is 1.72. The van der Waals surface area contributed by atoms with Crippen molar-refractivity contribution in [1.29, 1.82) is 5.26 Å². The van der Waals surface area contributed by atoms with Crippen molar-refractivity contribution in [2.24, 2.45) is 5.92 Å². The van der Waals surface area contributed by atoms with Crippen molar-refractivity contribution in [3.05, 3.63) is 70.2 Å². The molecule has 14 heteroatoms. The summed E-state index contributed by atoms with van der Waals surface area (Å²) in [4.78, 5) is 24.9. The number of carbonyl (C=O) groups is 1. The Labute approximate surface area is 230 Å². The minimum atomic E-state index is -5.08. The highest BCUT2D eigenvalue weighted by Gasteiger charge is 2.38. The maximum Gasteiger partial charge on any atom is 0.490 e. The second kappa shape index (κ2) is 11.8. The number of pyridine rings is 1. The van der Waals surface area contributed by atoms with Crippen LogP contribution in [0.4, 0.5) is 19.1 Å². The molecule has 0 saturated carbocycles. The molecule has 0 spiro atoms. The quantitative estimate of drug-likeness (QED) is 0.339. The lowest BCUT2D eigenvalue weighted by Crippen LogP contribution is -2.38. The van der Waals surface area contributed by atoms with E-state index >= 15 is 0 Å². The van der Waals surface area contributed by atoms with Gasteiger partial charge in [-0.25, -0.2) is 14.8 Å². The van der Waals surface area contributed by atoms with E-state index in [0.717, 1.165) is 55.3 Å². The van der Waals surface area contributed by atoms with Crippen molar-refractivity contribution in [2.75, 3.05) is 18.0 Å². The zero-order chi connectivity index (χ0) is 28.2. The van der Waals surface area contributed by atoms with Gasteiger partial charge in [-0.1, -0.05) is 23.2 Å². The fourth-order valence-electron chi connectivity index (χ4n) is 4.17. The van der Waals surface area contributed by atoms with Gasteiger partial charge in [-0.05, 0) is 55.5 Å². The molecule has 1 saturated heterocycles. The summed E-state index contributed by atoms with van der Waals surface area (Å²) in [5.41, 5.74) is 3.83. The number of piperidine rings is 1. The summed E-state index contributed by atoms with van der Waals surface area (Å²) in [7, 11) is 0. The Morgan fingerprint density at radius 3 is 2.59 bits per heavy atom. The smallest absolute Gasteiger partial charge is 0.475 e. The molecule has 4 aromatic rings. The van der Waals surface area contributed by atoms with E-state index in [1.165, 1.54) is 6.33 Å². The van der Waals surface area contributed by atoms with Crippen LogP contribution in [0.15, 0.2) is 48.9 Å². The number of benzene rings is 1. The third-order valence-corrected chi connectivity index (χ3v) is 6.50. The highest BCUT2D eigenvalue weighted by molar-refractivity contribution is 6.36. The number of nitriles is 1. The zero-order valence-corrected chi connectivity index (χ0v) is 21.6. The number of hydrogen-bond acceptors (Lipinski definition) is 7. The molecule has 1 atom stereocenters. The van der Waals surface area contributed by atoms with E-state index in [4.69, 9.17) is 43.3 Å². The highest BCUT2D eigenvalue weighted by atomic mass is 35.5. The molecule has 202 valence electrons. The Hall–Kier alpha value is -3.95. The lowest BCUT2D eigenvalue weighted by atomic mass is 9.93. The van der Waals surface area contributed by atoms with Crippen LogP contribution >= 0.6 is 23.2 Å². The molecule has 1 aliphatic rings. The summed E-state index contributed by atoms with van der Waals surface area (Å²) in [6.07, 6.45) is 1.10. The van der Waals surface area contributed by atoms with Gasteiger partial charge in [0.25, 0.3) is 0 Å². The Bertz CT molecular complexity index is 1520. The summed E-state index contributed by atoms with van der Waals surface area (Å²) in [5, 5.41) is 21.6. The van der Waals surface area contributed by atoms with Crippen LogP contribution in [0.5, 0.6) is 0 Å². The van der Waals surface area contributed by atoms with Gasteiger partial charge in [-0.2, -0.15) is 28.0 Å². The topological polar surface area (TPSA) is 120 Å². The standard InChI is InChI=1S/C23H19Cl2N7.C2HF3O2/c24-17-4-6-19(20(25)9-17)21-10-22-28-14-29-32(22)23(30-21)31-7-1-2-15(13-31)8-18-5-3-16(11-26)12-27-18;3-2(4,5)1(6)7/h3-6,9-10,12,14-15H,1-2,7-8,13H2;(H,6,7). The molecular weight excluding hydrogens is 558 g/mol. The first-order chi connectivity index (χ1) is 18.5. The first kappa shape index (κ1) is 28.1. The summed E-state index contributed by atoms with van der Waals surface area (Å²) < 4.78 is 33.5. The fourth-order valence-corrected chi connectivity index (χ4v) is 4.68. The number of alkyl halides is 3. The van der Waals surface area contributed by atoms with Gasteiger partial charge < -0.3 is 10.0 Å². The fraction of sp³-hybridized carbons (Fsp3) is 0.280. The number of rotatable bonds is 4. The van der Waals surface area contributed by atoms with Gasteiger partial charge >= 0.3 is 12.1 Å². The van der Waals surface area contributed by atoms with Crippen LogP contribution in [0, 0.1) is 17.2 Å². The summed E-state index contributed by atoms with van der Waals surface area (Å²) in [6, 6.07) is 13.2. The van der Waals surface area contributed by atoms with Crippen LogP contribution in [0.25, 0.3) is 16.9 Å². The predicted octanol–water partition coefficient (Wildman–Crippen LogP) is 5.46. The van der Waals surface area contributed by atoms with E-state index in [-0.39, 0.29) is 0 Å². The molecule has 1 fully saturated rings. The SMILES string of the molecule is N#Cc1ccc(CC2CCCN(c3nc(-c4ccc(Cl)cc4Cl)cc4ncnn34)C2)nc1.O=C(O)C(F)(F)F. The van der Waals surface area contributed by atoms with Crippen LogP contribution in [-0.4, -0.2) is 54.9 Å². The maximum absolute atomic E-state index is 10.6. The largest absolute Gasteiger partial charge is 0.490 e. The Morgan fingerprint density at radius 1 is 1.18 bits per heavy atom. The summed E-state index contributed by atoms with van der Waals surface area (Å²) in [5.74, 6) is -1.58. The van der Waals surface area contributed by atoms with Gasteiger partial charge in [0, 0.05) is 41.6 Å². The monoisotopic (exact) mass is 577 g/mol. The van der Waals surface area contributed by atoms with E-state index < -0.39 is 12.1 Å². The van der Waals surface area contributed by atoms with E-state index in [1.807, 2.05) is 24.3 Å². The van der Waals surface area contributed by atoms with Crippen LogP contribution in [-0.2, 0) is 11.2 Å². The Morgan fingerprint density at radius 2 is 1.95 bits per heavy atom. The number of carboxylic acid groups (broad SMARTS) is 1. The van der Waals surface area contributed by atoms with Crippen molar-refractivity contribution in [3.63, 3.8) is 0 Å². The molecule has 3 aromatic heterocycles. The number of anilines is 1. The first-order valence-electron chi connectivity index (χ1n) is 11.6. The van der Waals surface area contributed by atoms with Crippen molar-refractivity contribution < 1.29 is 23.1 Å². The minimum absolute atomic E-state index is 0.423. The van der Waals surface area contributed by atoms with Crippen molar-refractivity contribution in [3.8, 4) is 17.3 Å². The van der Waals surface area contributed by atoms with E-state index in [2.05, 4.69) is 26.0 Å². The molecule has 0 aliphatic carbocycles. The number of nitrogens with zero attached hydrogens (tertiary/aromatic N) is 7. The van der Waals surface area contributed by atoms with E-state index in [1.54, 1.807) is 22.8 Å². The molecule has 0 radical (unpaired) electrons. The third kappa shape index (κ3) is 6.93. The van der Waals surface area contributed by atoms with Gasteiger partial charge in [0.05, 0.1) is 16.3 Å². The van der Waals surface area contributed by atoms with Crippen molar-refractivity contribution in [2.45, 2.75) is 25.4 Å². The molecule has 0 amide bonds. The zero-order valence-electron chi connectivity index (χ0n) is 20.1. The normalized spacial score (nSPS) is 15.4. The molecule has 5 rings (SSSR count). The van der Waals surface area contributed by atoms with Crippen LogP contribution in [0.2, 0.25) is 10.0 Å². The van der Waals surface area contributed by atoms with Crippen LogP contribution < -0.4 is 4.90 Å². The highest BCUT2D eigenvalue weighted by Crippen LogP contribution is 2.32. The average Bonchev–Trinajstić information content (AvgIpc) is 3.37. The molecule has 1 aromatic carbocycles. The third-order valence-electron chi connectivity index (χ3n) is 5.95. The number of aromatic nitrogens is 5. The maximum atomic E-state index is 10.6. The predicted molar refractivity (Wildman–Crippen MR) is 138 cm³/mol. The van der Waals surface area contributed by atoms with Crippen LogP contribution in [0.3, 0.4) is 0 Å². The number of aliphatic carboxylic acids is 1. The Kier molecular flexibility index (Phi) is 8.52. The molecule has 39 heavy (non-hydrogen) atoms. The number of carboxylic acids is 1. The molecule has 0 bridgehead atoms. The van der Waals surface area contributed by atoms with Crippen molar-refractivity contribution in [1.82, 2.24) is 24.6 Å². The number of hydrogen-bond donors (Lipinski definition) is 1. The first-order valence-corrected chi connectivity index (χ1v) is 12.4. The summed E-state index contributed by atoms with van der Waals surface area (Å²) >= 11 is 12.5. The van der Waals surface area contributed by atoms with Gasteiger partial charge in [-0.3, -0.25) is 4.98 Å². The number of fused-ring (bicyclic) bond motifs is 1. The van der Waals surface area contributed by atoms with Gasteiger partial charge in [-0.15, -0.1) is 0 Å². The van der Waals surface area contributed by atoms with E-state index in [9.17, 15) is 13.2 Å². The second-order valence-electron chi connectivity index (χ2n) is 8.71. The molecule has 1 aliphatic heterocycles. The average molecular weight is 578 g/mol. The molecule has 9 nitrogen and oxygen atoms in total. The molecule has 1 N–H and O–H groups in total. The van der Waals surface area contributed by atoms with Gasteiger partial charge in [0.1, 0.15) is 12.4 Å². The lowest BCUT2D eigenvalue weighted by molar-refractivity contribution is -0.192. The van der Waals surface area contributed by atoms with Crippen LogP contribution in [0.1, 0.15) is 24.1 Å². The van der Waals surface area contributed by atoms with Crippen molar-refractivity contribution >= 4 is 40.8 Å². The molecule has 1 unspecified atom stereocenters.